The van der Waals surface area contributed by atoms with E-state index in [-0.39, 0.29) is 17.9 Å². The minimum Gasteiger partial charge on any atom is -0.353 e. The number of carbonyl (C=O) groups excluding carboxylic acids is 2. The zero-order valence-corrected chi connectivity index (χ0v) is 15.8. The maximum Gasteiger partial charge on any atom is 0.236 e. The predicted octanol–water partition coefficient (Wildman–Crippen LogP) is 0.633. The van der Waals surface area contributed by atoms with Crippen molar-refractivity contribution in [1.82, 2.24) is 20.0 Å². The van der Waals surface area contributed by atoms with E-state index in [1.54, 1.807) is 0 Å². The molecular weight excluding hydrogens is 304 g/mol. The molecule has 2 unspecified atom stereocenters. The summed E-state index contributed by atoms with van der Waals surface area (Å²) in [6.45, 7) is 14.6. The first-order chi connectivity index (χ1) is 11.3. The van der Waals surface area contributed by atoms with E-state index in [2.05, 4.69) is 29.0 Å². The Morgan fingerprint density at radius 2 is 1.46 bits per heavy atom. The molecule has 0 bridgehead atoms. The van der Waals surface area contributed by atoms with Crippen LogP contribution in [0.25, 0.3) is 0 Å². The summed E-state index contributed by atoms with van der Waals surface area (Å²) in [4.78, 5) is 30.8. The van der Waals surface area contributed by atoms with E-state index >= 15 is 0 Å². The normalized spacial score (nSPS) is 26.6. The van der Waals surface area contributed by atoms with Gasteiger partial charge < -0.3 is 10.2 Å². The Bertz CT molecular complexity index is 423. The third-order valence-corrected chi connectivity index (χ3v) is 4.86. The van der Waals surface area contributed by atoms with Crippen LogP contribution in [0.15, 0.2) is 0 Å². The summed E-state index contributed by atoms with van der Waals surface area (Å²) in [5.74, 6) is 1.56. The summed E-state index contributed by atoms with van der Waals surface area (Å²) in [5.41, 5.74) is 0. The van der Waals surface area contributed by atoms with Crippen molar-refractivity contribution in [1.29, 1.82) is 0 Å². The molecule has 2 heterocycles. The Hall–Kier alpha value is -1.14. The lowest BCUT2D eigenvalue weighted by Crippen LogP contribution is -2.53. The van der Waals surface area contributed by atoms with Gasteiger partial charge in [-0.25, -0.2) is 0 Å². The second kappa shape index (κ2) is 8.81. The van der Waals surface area contributed by atoms with Crippen molar-refractivity contribution >= 4 is 11.8 Å². The Kier molecular flexibility index (Phi) is 7.04. The van der Waals surface area contributed by atoms with Crippen molar-refractivity contribution < 1.29 is 9.59 Å². The number of hydrogen-bond donors (Lipinski definition) is 1. The number of likely N-dealkylation sites (tertiary alicyclic amines) is 1. The molecule has 0 aromatic heterocycles. The Morgan fingerprint density at radius 1 is 0.958 bits per heavy atom. The number of rotatable bonds is 5. The molecule has 2 saturated heterocycles. The molecular formula is C18H34N4O2. The minimum absolute atomic E-state index is 0.0887. The van der Waals surface area contributed by atoms with Gasteiger partial charge in [-0.1, -0.05) is 13.8 Å². The molecule has 0 aromatic carbocycles. The fraction of sp³-hybridized carbons (Fsp3) is 0.889. The molecule has 6 nitrogen and oxygen atoms in total. The standard InChI is InChI=1S/C18H34N4O2/c1-14(2)19-17(23)12-20-5-7-21(8-6-20)13-18(24)22-10-15(3)9-16(4)11-22/h14-16H,5-13H2,1-4H3,(H,19,23). The summed E-state index contributed by atoms with van der Waals surface area (Å²) in [6.07, 6.45) is 1.22. The average Bonchev–Trinajstić information content (AvgIpc) is 2.47. The van der Waals surface area contributed by atoms with E-state index in [0.717, 1.165) is 39.3 Å². The van der Waals surface area contributed by atoms with Crippen molar-refractivity contribution in [3.8, 4) is 0 Å². The topological polar surface area (TPSA) is 55.9 Å². The first kappa shape index (κ1) is 19.2. The lowest BCUT2D eigenvalue weighted by atomic mass is 9.92. The Morgan fingerprint density at radius 3 is 1.96 bits per heavy atom. The third kappa shape index (κ3) is 6.06. The van der Waals surface area contributed by atoms with E-state index in [9.17, 15) is 9.59 Å². The van der Waals surface area contributed by atoms with Crippen LogP contribution in [0.4, 0.5) is 0 Å². The van der Waals surface area contributed by atoms with Gasteiger partial charge in [0.05, 0.1) is 13.1 Å². The largest absolute Gasteiger partial charge is 0.353 e. The first-order valence-corrected chi connectivity index (χ1v) is 9.35. The summed E-state index contributed by atoms with van der Waals surface area (Å²) < 4.78 is 0. The van der Waals surface area contributed by atoms with E-state index in [4.69, 9.17) is 0 Å². The number of piperidine rings is 1. The lowest BCUT2D eigenvalue weighted by Gasteiger charge is -2.38. The van der Waals surface area contributed by atoms with Crippen molar-refractivity contribution in [2.24, 2.45) is 11.8 Å². The molecule has 2 amide bonds. The predicted molar refractivity (Wildman–Crippen MR) is 95.7 cm³/mol. The fourth-order valence-corrected chi connectivity index (χ4v) is 3.83. The van der Waals surface area contributed by atoms with Gasteiger partial charge in [-0.2, -0.15) is 0 Å². The van der Waals surface area contributed by atoms with Gasteiger partial charge >= 0.3 is 0 Å². The van der Waals surface area contributed by atoms with Gasteiger partial charge in [0.1, 0.15) is 0 Å². The van der Waals surface area contributed by atoms with Crippen LogP contribution in [-0.4, -0.2) is 84.9 Å². The van der Waals surface area contributed by atoms with Gasteiger partial charge in [0, 0.05) is 45.3 Å². The van der Waals surface area contributed by atoms with Crippen LogP contribution in [0, 0.1) is 11.8 Å². The number of carbonyl (C=O) groups is 2. The van der Waals surface area contributed by atoms with Gasteiger partial charge in [-0.3, -0.25) is 19.4 Å². The molecule has 2 aliphatic rings. The molecule has 0 aromatic rings. The molecule has 0 aliphatic carbocycles. The van der Waals surface area contributed by atoms with Gasteiger partial charge in [-0.15, -0.1) is 0 Å². The number of hydrogen-bond acceptors (Lipinski definition) is 4. The minimum atomic E-state index is 0.0887. The fourth-order valence-electron chi connectivity index (χ4n) is 3.83. The third-order valence-electron chi connectivity index (χ3n) is 4.86. The van der Waals surface area contributed by atoms with Crippen LogP contribution in [-0.2, 0) is 9.59 Å². The first-order valence-electron chi connectivity index (χ1n) is 9.35. The second-order valence-electron chi connectivity index (χ2n) is 8.02. The Balaban J connectivity index is 1.70. The molecule has 2 aliphatic heterocycles. The van der Waals surface area contributed by atoms with Gasteiger partial charge in [0.2, 0.25) is 11.8 Å². The molecule has 138 valence electrons. The van der Waals surface area contributed by atoms with Crippen molar-refractivity contribution in [3.63, 3.8) is 0 Å². The van der Waals surface area contributed by atoms with Gasteiger partial charge in [-0.05, 0) is 32.1 Å². The number of piperazine rings is 1. The van der Waals surface area contributed by atoms with Crippen LogP contribution in [0.3, 0.4) is 0 Å². The maximum absolute atomic E-state index is 12.5. The molecule has 24 heavy (non-hydrogen) atoms. The molecule has 2 fully saturated rings. The number of amides is 2. The molecule has 2 rings (SSSR count). The van der Waals surface area contributed by atoms with E-state index in [0.29, 0.717) is 24.9 Å². The van der Waals surface area contributed by atoms with Crippen LogP contribution in [0.5, 0.6) is 0 Å². The van der Waals surface area contributed by atoms with Crippen molar-refractivity contribution in [3.05, 3.63) is 0 Å². The molecule has 2 atom stereocenters. The summed E-state index contributed by atoms with van der Waals surface area (Å²) >= 11 is 0. The van der Waals surface area contributed by atoms with Gasteiger partial charge in [0.15, 0.2) is 0 Å². The molecule has 0 saturated carbocycles. The van der Waals surface area contributed by atoms with Crippen molar-refractivity contribution in [2.75, 3.05) is 52.4 Å². The summed E-state index contributed by atoms with van der Waals surface area (Å²) in [5, 5.41) is 2.93. The zero-order chi connectivity index (χ0) is 17.7. The Labute approximate surface area is 146 Å². The summed E-state index contributed by atoms with van der Waals surface area (Å²) in [6, 6.07) is 0.186. The highest BCUT2D eigenvalue weighted by molar-refractivity contribution is 5.79. The highest BCUT2D eigenvalue weighted by atomic mass is 16.2. The zero-order valence-electron chi connectivity index (χ0n) is 15.8. The monoisotopic (exact) mass is 338 g/mol. The highest BCUT2D eigenvalue weighted by Gasteiger charge is 2.27. The molecule has 1 N–H and O–H groups in total. The quantitative estimate of drug-likeness (QED) is 0.799. The van der Waals surface area contributed by atoms with E-state index in [1.165, 1.54) is 6.42 Å². The van der Waals surface area contributed by atoms with E-state index < -0.39 is 0 Å². The maximum atomic E-state index is 12.5. The number of nitrogens with zero attached hydrogens (tertiary/aromatic N) is 3. The lowest BCUT2D eigenvalue weighted by molar-refractivity contribution is -0.135. The molecule has 0 radical (unpaired) electrons. The molecule has 6 heteroatoms. The SMILES string of the molecule is CC1CC(C)CN(C(=O)CN2CCN(CC(=O)NC(C)C)CC2)C1. The molecule has 0 spiro atoms. The average molecular weight is 338 g/mol. The number of nitrogens with one attached hydrogen (secondary N) is 1. The highest BCUT2D eigenvalue weighted by Crippen LogP contribution is 2.21. The van der Waals surface area contributed by atoms with Crippen LogP contribution < -0.4 is 5.32 Å². The van der Waals surface area contributed by atoms with Crippen molar-refractivity contribution in [2.45, 2.75) is 40.2 Å². The van der Waals surface area contributed by atoms with Gasteiger partial charge in [0.25, 0.3) is 0 Å². The smallest absolute Gasteiger partial charge is 0.236 e. The summed E-state index contributed by atoms with van der Waals surface area (Å²) in [7, 11) is 0. The van der Waals surface area contributed by atoms with E-state index in [1.807, 2.05) is 18.7 Å². The second-order valence-corrected chi connectivity index (χ2v) is 8.02. The van der Waals surface area contributed by atoms with Crippen LogP contribution in [0.2, 0.25) is 0 Å². The van der Waals surface area contributed by atoms with Crippen LogP contribution >= 0.6 is 0 Å². The van der Waals surface area contributed by atoms with Crippen LogP contribution in [0.1, 0.15) is 34.1 Å².